The maximum Gasteiger partial charge on any atom is 0.269 e. The molecule has 0 unspecified atom stereocenters. The van der Waals surface area contributed by atoms with Gasteiger partial charge >= 0.3 is 0 Å². The number of carbonyl (C=O) groups excluding carboxylic acids is 1. The molecule has 3 N–H and O–H groups in total. The van der Waals surface area contributed by atoms with Crippen LogP contribution in [0.4, 0.5) is 11.5 Å². The molecule has 0 fully saturated rings. The van der Waals surface area contributed by atoms with Crippen molar-refractivity contribution in [3.63, 3.8) is 0 Å². The second-order valence-corrected chi connectivity index (χ2v) is 5.93. The van der Waals surface area contributed by atoms with E-state index in [1.165, 1.54) is 23.1 Å². The molecular weight excluding hydrogens is 334 g/mol. The number of amides is 1. The van der Waals surface area contributed by atoms with Crippen LogP contribution in [-0.4, -0.2) is 40.0 Å². The number of hydrogen-bond donors (Lipinski definition) is 2. The van der Waals surface area contributed by atoms with Gasteiger partial charge in [0.25, 0.3) is 5.69 Å². The number of fused-ring (bicyclic) bond motifs is 1. The van der Waals surface area contributed by atoms with E-state index in [1.807, 2.05) is 12.1 Å². The molecule has 1 amide bonds. The van der Waals surface area contributed by atoms with E-state index in [0.29, 0.717) is 16.7 Å². The minimum Gasteiger partial charge on any atom is -0.382 e. The molecule has 0 saturated carbocycles. The number of hydrogen-bond acceptors (Lipinski definition) is 5. The van der Waals surface area contributed by atoms with Gasteiger partial charge in [0.2, 0.25) is 5.91 Å². The molecule has 8 nitrogen and oxygen atoms in total. The highest BCUT2D eigenvalue weighted by molar-refractivity contribution is 6.06. The monoisotopic (exact) mass is 351 g/mol. The van der Waals surface area contributed by atoms with E-state index in [-0.39, 0.29) is 11.6 Å². The van der Waals surface area contributed by atoms with Crippen molar-refractivity contribution in [1.29, 1.82) is 0 Å². The van der Waals surface area contributed by atoms with E-state index in [9.17, 15) is 14.9 Å². The Labute approximate surface area is 149 Å². The Balaban J connectivity index is 2.09. The maximum atomic E-state index is 11.8. The lowest BCUT2D eigenvalue weighted by Gasteiger charge is -2.07. The van der Waals surface area contributed by atoms with Crippen molar-refractivity contribution in [3.05, 3.63) is 58.2 Å². The molecule has 132 valence electrons. The predicted molar refractivity (Wildman–Crippen MR) is 100 cm³/mol. The second kappa shape index (κ2) is 6.67. The Bertz CT molecular complexity index is 1020. The van der Waals surface area contributed by atoms with Crippen molar-refractivity contribution in [3.8, 4) is 11.1 Å². The van der Waals surface area contributed by atoms with Gasteiger partial charge in [0.15, 0.2) is 5.82 Å². The van der Waals surface area contributed by atoms with Gasteiger partial charge in [-0.3, -0.25) is 20.0 Å². The molecule has 0 bridgehead atoms. The van der Waals surface area contributed by atoms with Crippen LogP contribution in [0.15, 0.2) is 42.5 Å². The first-order valence-electron chi connectivity index (χ1n) is 7.79. The van der Waals surface area contributed by atoms with Crippen LogP contribution < -0.4 is 5.73 Å². The molecule has 3 rings (SSSR count). The molecule has 1 heterocycles. The Morgan fingerprint density at radius 1 is 1.23 bits per heavy atom. The van der Waals surface area contributed by atoms with Crippen LogP contribution in [0.1, 0.15) is 5.56 Å². The lowest BCUT2D eigenvalue weighted by Crippen LogP contribution is -2.18. The normalized spacial score (nSPS) is 11.2. The van der Waals surface area contributed by atoms with E-state index in [1.54, 1.807) is 32.3 Å². The summed E-state index contributed by atoms with van der Waals surface area (Å²) in [4.78, 5) is 23.6. The van der Waals surface area contributed by atoms with Crippen molar-refractivity contribution >= 4 is 34.4 Å². The minimum absolute atomic E-state index is 0.0203. The average molecular weight is 351 g/mol. The number of nitrogens with one attached hydrogen (secondary N) is 1. The molecule has 3 aromatic rings. The van der Waals surface area contributed by atoms with Gasteiger partial charge in [-0.25, -0.2) is 0 Å². The van der Waals surface area contributed by atoms with Crippen LogP contribution in [0.5, 0.6) is 0 Å². The molecule has 1 aromatic heterocycles. The molecule has 0 radical (unpaired) electrons. The number of nitrogens with two attached hydrogens (primary N) is 1. The third-order valence-electron chi connectivity index (χ3n) is 4.02. The minimum atomic E-state index is -0.443. The summed E-state index contributed by atoms with van der Waals surface area (Å²) in [5.74, 6) is 0.188. The number of carbonyl (C=O) groups is 1. The van der Waals surface area contributed by atoms with Gasteiger partial charge in [0.05, 0.1) is 15.8 Å². The lowest BCUT2D eigenvalue weighted by molar-refractivity contribution is -0.384. The van der Waals surface area contributed by atoms with Crippen LogP contribution in [0, 0.1) is 10.1 Å². The summed E-state index contributed by atoms with van der Waals surface area (Å²) >= 11 is 0. The molecule has 0 aliphatic carbocycles. The van der Waals surface area contributed by atoms with Crippen LogP contribution in [-0.2, 0) is 4.79 Å². The number of non-ortho nitro benzene ring substituents is 1. The van der Waals surface area contributed by atoms with Gasteiger partial charge < -0.3 is 10.6 Å². The van der Waals surface area contributed by atoms with E-state index in [0.717, 1.165) is 16.7 Å². The second-order valence-electron chi connectivity index (χ2n) is 5.93. The Hall–Kier alpha value is -3.68. The third kappa shape index (κ3) is 3.12. The zero-order chi connectivity index (χ0) is 18.8. The number of rotatable bonds is 4. The highest BCUT2D eigenvalue weighted by Gasteiger charge is 2.14. The quantitative estimate of drug-likeness (QED) is 0.426. The molecule has 0 spiro atoms. The number of nitro benzene ring substituents is 1. The number of anilines is 1. The Morgan fingerprint density at radius 3 is 2.54 bits per heavy atom. The van der Waals surface area contributed by atoms with Crippen LogP contribution in [0.2, 0.25) is 0 Å². The Kier molecular flexibility index (Phi) is 4.40. The topological polar surface area (TPSA) is 118 Å². The Morgan fingerprint density at radius 2 is 1.92 bits per heavy atom. The smallest absolute Gasteiger partial charge is 0.269 e. The molecule has 2 aromatic carbocycles. The number of nitrogen functional groups attached to an aromatic ring is 1. The summed E-state index contributed by atoms with van der Waals surface area (Å²) in [5, 5.41) is 18.5. The van der Waals surface area contributed by atoms with Crippen molar-refractivity contribution < 1.29 is 9.72 Å². The third-order valence-corrected chi connectivity index (χ3v) is 4.02. The van der Waals surface area contributed by atoms with Crippen molar-refractivity contribution in [1.82, 2.24) is 15.1 Å². The number of H-pyrrole nitrogens is 1. The SMILES string of the molecule is CN(C)C(=O)/C=C/c1ccc(-c2ccc([N+](=O)[O-])cc2)c2c(N)n[nH]c12. The standard InChI is InChI=1S/C18H17N5O3/c1-22(2)15(24)10-6-12-5-9-14(16-17(12)20-21-18(16)19)11-3-7-13(8-4-11)23(25)26/h3-10H,1-2H3,(H3,19,20,21)/b10-6+. The predicted octanol–water partition coefficient (Wildman–Crippen LogP) is 2.82. The molecule has 0 aliphatic heterocycles. The van der Waals surface area contributed by atoms with E-state index >= 15 is 0 Å². The largest absolute Gasteiger partial charge is 0.382 e. The van der Waals surface area contributed by atoms with E-state index in [2.05, 4.69) is 10.2 Å². The zero-order valence-electron chi connectivity index (χ0n) is 14.3. The number of nitrogens with zero attached hydrogens (tertiary/aromatic N) is 3. The molecule has 0 aliphatic rings. The van der Waals surface area contributed by atoms with Gasteiger partial charge in [-0.1, -0.05) is 12.1 Å². The first-order valence-corrected chi connectivity index (χ1v) is 7.79. The summed E-state index contributed by atoms with van der Waals surface area (Å²) in [6, 6.07) is 9.93. The zero-order valence-corrected chi connectivity index (χ0v) is 14.3. The fourth-order valence-electron chi connectivity index (χ4n) is 2.63. The molecule has 8 heteroatoms. The number of nitro groups is 1. The number of benzene rings is 2. The average Bonchev–Trinajstić information content (AvgIpc) is 3.01. The summed E-state index contributed by atoms with van der Waals surface area (Å²) in [6.45, 7) is 0. The van der Waals surface area contributed by atoms with Gasteiger partial charge in [0, 0.05) is 37.9 Å². The fraction of sp³-hybridized carbons (Fsp3) is 0.111. The lowest BCUT2D eigenvalue weighted by atomic mass is 9.98. The molecule has 0 atom stereocenters. The van der Waals surface area contributed by atoms with Gasteiger partial charge in [-0.2, -0.15) is 5.10 Å². The summed E-state index contributed by atoms with van der Waals surface area (Å²) < 4.78 is 0. The van der Waals surface area contributed by atoms with Gasteiger partial charge in [0.1, 0.15) is 0 Å². The number of likely N-dealkylation sites (N-methyl/N-ethyl adjacent to an activating group) is 1. The number of aromatic amines is 1. The maximum absolute atomic E-state index is 11.8. The van der Waals surface area contributed by atoms with Crippen molar-refractivity contribution in [2.75, 3.05) is 19.8 Å². The van der Waals surface area contributed by atoms with Crippen LogP contribution >= 0.6 is 0 Å². The van der Waals surface area contributed by atoms with Crippen LogP contribution in [0.3, 0.4) is 0 Å². The van der Waals surface area contributed by atoms with Gasteiger partial charge in [-0.15, -0.1) is 0 Å². The highest BCUT2D eigenvalue weighted by atomic mass is 16.6. The van der Waals surface area contributed by atoms with Crippen molar-refractivity contribution in [2.45, 2.75) is 0 Å². The first kappa shape index (κ1) is 17.2. The van der Waals surface area contributed by atoms with E-state index in [4.69, 9.17) is 5.73 Å². The van der Waals surface area contributed by atoms with E-state index < -0.39 is 4.92 Å². The summed E-state index contributed by atoms with van der Waals surface area (Å²) in [5.41, 5.74) is 9.09. The molecule has 0 saturated heterocycles. The van der Waals surface area contributed by atoms with Crippen LogP contribution in [0.25, 0.3) is 28.1 Å². The summed E-state index contributed by atoms with van der Waals surface area (Å²) in [6.07, 6.45) is 3.17. The molecule has 26 heavy (non-hydrogen) atoms. The first-order chi connectivity index (χ1) is 12.4. The van der Waals surface area contributed by atoms with Crippen molar-refractivity contribution in [2.24, 2.45) is 0 Å². The summed E-state index contributed by atoms with van der Waals surface area (Å²) in [7, 11) is 3.35. The van der Waals surface area contributed by atoms with Gasteiger partial charge in [-0.05, 0) is 29.3 Å². The number of aromatic nitrogens is 2. The highest BCUT2D eigenvalue weighted by Crippen LogP contribution is 2.34. The fourth-order valence-corrected chi connectivity index (χ4v) is 2.63. The molecular formula is C18H17N5O3.